The lowest BCUT2D eigenvalue weighted by molar-refractivity contribution is -0.0289. The van der Waals surface area contributed by atoms with E-state index in [4.69, 9.17) is 9.84 Å². The number of ether oxygens (including phenoxy) is 1. The zero-order valence-corrected chi connectivity index (χ0v) is 8.46. The largest absolute Gasteiger partial charge is 0.394 e. The first-order valence-corrected chi connectivity index (χ1v) is 4.95. The van der Waals surface area contributed by atoms with Crippen LogP contribution in [0.25, 0.3) is 0 Å². The molecule has 3 atom stereocenters. The lowest BCUT2D eigenvalue weighted by atomic mass is 10.2. The van der Waals surface area contributed by atoms with Crippen LogP contribution in [0.2, 0.25) is 0 Å². The molecule has 0 aliphatic carbocycles. The maximum atomic E-state index is 11.5. The Hall–Kier alpha value is -1.44. The number of carbonyl (C=O) groups excluding carboxylic acids is 1. The molecule has 1 aromatic heterocycles. The second kappa shape index (κ2) is 4.60. The molecule has 16 heavy (non-hydrogen) atoms. The summed E-state index contributed by atoms with van der Waals surface area (Å²) in [5, 5.41) is 20.8. The van der Waals surface area contributed by atoms with E-state index < -0.39 is 24.3 Å². The van der Waals surface area contributed by atoms with Gasteiger partial charge in [-0.25, -0.2) is 4.98 Å². The minimum Gasteiger partial charge on any atom is -0.394 e. The SMILES string of the molecule is O=C(NC1C[C@H](O)[C@@H](CO)O1)c1ncc[nH]1. The molecule has 0 spiro atoms. The van der Waals surface area contributed by atoms with Crippen LogP contribution in [0.1, 0.15) is 17.0 Å². The van der Waals surface area contributed by atoms with Crippen LogP contribution in [0, 0.1) is 0 Å². The fourth-order valence-electron chi connectivity index (χ4n) is 1.59. The highest BCUT2D eigenvalue weighted by molar-refractivity contribution is 5.90. The number of carbonyl (C=O) groups is 1. The zero-order chi connectivity index (χ0) is 11.5. The maximum Gasteiger partial charge on any atom is 0.289 e. The highest BCUT2D eigenvalue weighted by Crippen LogP contribution is 2.18. The minimum atomic E-state index is -0.757. The molecule has 1 unspecified atom stereocenters. The molecule has 0 saturated carbocycles. The summed E-state index contributed by atoms with van der Waals surface area (Å²) in [7, 11) is 0. The van der Waals surface area contributed by atoms with Crippen LogP contribution in [0.5, 0.6) is 0 Å². The summed E-state index contributed by atoms with van der Waals surface area (Å²) in [6.07, 6.45) is 1.28. The number of rotatable bonds is 3. The van der Waals surface area contributed by atoms with Gasteiger partial charge in [-0.3, -0.25) is 4.79 Å². The summed E-state index contributed by atoms with van der Waals surface area (Å²) < 4.78 is 5.22. The number of hydrogen-bond donors (Lipinski definition) is 4. The van der Waals surface area contributed by atoms with Gasteiger partial charge in [-0.2, -0.15) is 0 Å². The summed E-state index contributed by atoms with van der Waals surface area (Å²) in [4.78, 5) is 18.0. The molecule has 4 N–H and O–H groups in total. The van der Waals surface area contributed by atoms with E-state index in [1.165, 1.54) is 12.4 Å². The number of hydrogen-bond acceptors (Lipinski definition) is 5. The van der Waals surface area contributed by atoms with Gasteiger partial charge in [-0.1, -0.05) is 0 Å². The van der Waals surface area contributed by atoms with E-state index >= 15 is 0 Å². The number of aliphatic hydroxyl groups excluding tert-OH is 2. The van der Waals surface area contributed by atoms with Crippen LogP contribution in [-0.2, 0) is 4.74 Å². The van der Waals surface area contributed by atoms with Crippen molar-refractivity contribution < 1.29 is 19.7 Å². The van der Waals surface area contributed by atoms with Crippen molar-refractivity contribution in [3.05, 3.63) is 18.2 Å². The molecule has 0 radical (unpaired) electrons. The van der Waals surface area contributed by atoms with Gasteiger partial charge in [0.2, 0.25) is 0 Å². The minimum absolute atomic E-state index is 0.186. The third kappa shape index (κ3) is 2.21. The Balaban J connectivity index is 1.90. The topological polar surface area (TPSA) is 107 Å². The van der Waals surface area contributed by atoms with E-state index in [1.807, 2.05) is 0 Å². The third-order valence-corrected chi connectivity index (χ3v) is 2.41. The summed E-state index contributed by atoms with van der Waals surface area (Å²) >= 11 is 0. The van der Waals surface area contributed by atoms with Crippen molar-refractivity contribution in [3.8, 4) is 0 Å². The number of imidazole rings is 1. The number of aliphatic hydroxyl groups is 2. The van der Waals surface area contributed by atoms with Crippen molar-refractivity contribution in [2.45, 2.75) is 24.9 Å². The molecule has 1 aliphatic rings. The molecule has 0 aromatic carbocycles. The average molecular weight is 227 g/mol. The molecule has 7 nitrogen and oxygen atoms in total. The molecule has 7 heteroatoms. The van der Waals surface area contributed by atoms with Crippen LogP contribution in [0.3, 0.4) is 0 Å². The number of nitrogens with zero attached hydrogens (tertiary/aromatic N) is 1. The maximum absolute atomic E-state index is 11.5. The summed E-state index contributed by atoms with van der Waals surface area (Å²) in [6, 6.07) is 0. The molecule has 88 valence electrons. The predicted molar refractivity (Wildman–Crippen MR) is 52.4 cm³/mol. The number of nitrogens with one attached hydrogen (secondary N) is 2. The van der Waals surface area contributed by atoms with Crippen molar-refractivity contribution in [1.29, 1.82) is 0 Å². The van der Waals surface area contributed by atoms with E-state index in [-0.39, 0.29) is 18.9 Å². The Morgan fingerprint density at radius 2 is 2.56 bits per heavy atom. The van der Waals surface area contributed by atoms with Crippen molar-refractivity contribution in [2.24, 2.45) is 0 Å². The van der Waals surface area contributed by atoms with Crippen LogP contribution >= 0.6 is 0 Å². The lowest BCUT2D eigenvalue weighted by Crippen LogP contribution is -2.35. The third-order valence-electron chi connectivity index (χ3n) is 2.41. The van der Waals surface area contributed by atoms with Gasteiger partial charge in [0.05, 0.1) is 12.7 Å². The number of aromatic amines is 1. The lowest BCUT2D eigenvalue weighted by Gasteiger charge is -2.12. The Kier molecular flexibility index (Phi) is 3.18. The molecule has 2 heterocycles. The first kappa shape index (κ1) is 11.1. The van der Waals surface area contributed by atoms with Crippen LogP contribution in [0.4, 0.5) is 0 Å². The summed E-state index contributed by atoms with van der Waals surface area (Å²) in [5.41, 5.74) is 0. The second-order valence-electron chi connectivity index (χ2n) is 3.56. The molecule has 1 aromatic rings. The van der Waals surface area contributed by atoms with Gasteiger partial charge in [-0.15, -0.1) is 0 Å². The van der Waals surface area contributed by atoms with E-state index in [1.54, 1.807) is 0 Å². The monoisotopic (exact) mass is 227 g/mol. The molecule has 1 fully saturated rings. The van der Waals surface area contributed by atoms with E-state index in [9.17, 15) is 9.90 Å². The molecular formula is C9H13N3O4. The molecular weight excluding hydrogens is 214 g/mol. The van der Waals surface area contributed by atoms with Crippen LogP contribution in [-0.4, -0.2) is 51.1 Å². The number of H-pyrrole nitrogens is 1. The van der Waals surface area contributed by atoms with Crippen LogP contribution in [0.15, 0.2) is 12.4 Å². The van der Waals surface area contributed by atoms with Gasteiger partial charge in [0.25, 0.3) is 5.91 Å². The van der Waals surface area contributed by atoms with Gasteiger partial charge >= 0.3 is 0 Å². The Morgan fingerprint density at radius 1 is 1.75 bits per heavy atom. The van der Waals surface area contributed by atoms with E-state index in [0.29, 0.717) is 0 Å². The van der Waals surface area contributed by atoms with Crippen LogP contribution < -0.4 is 5.32 Å². The van der Waals surface area contributed by atoms with Crippen molar-refractivity contribution in [2.75, 3.05) is 6.61 Å². The van der Waals surface area contributed by atoms with Gasteiger partial charge in [0.15, 0.2) is 5.82 Å². The molecule has 0 bridgehead atoms. The van der Waals surface area contributed by atoms with Crippen molar-refractivity contribution in [3.63, 3.8) is 0 Å². The second-order valence-corrected chi connectivity index (χ2v) is 3.56. The smallest absolute Gasteiger partial charge is 0.289 e. The highest BCUT2D eigenvalue weighted by atomic mass is 16.5. The van der Waals surface area contributed by atoms with Gasteiger partial charge in [0.1, 0.15) is 12.3 Å². The summed E-state index contributed by atoms with van der Waals surface area (Å²) in [5.74, 6) is -0.216. The van der Waals surface area contributed by atoms with Crippen molar-refractivity contribution in [1.82, 2.24) is 15.3 Å². The number of aromatic nitrogens is 2. The first-order chi connectivity index (χ1) is 7.70. The molecule has 2 rings (SSSR count). The van der Waals surface area contributed by atoms with Gasteiger partial charge < -0.3 is 25.3 Å². The fourth-order valence-corrected chi connectivity index (χ4v) is 1.59. The standard InChI is InChI=1S/C9H13N3O4/c13-4-6-5(14)3-7(16-6)12-9(15)8-10-1-2-11-8/h1-2,5-7,13-14H,3-4H2,(H,10,11)(H,12,15)/t5-,6+,7?/m0/s1. The molecule has 1 amide bonds. The quantitative estimate of drug-likeness (QED) is 0.508. The molecule has 1 aliphatic heterocycles. The number of amides is 1. The summed E-state index contributed by atoms with van der Waals surface area (Å²) in [6.45, 7) is -0.270. The van der Waals surface area contributed by atoms with E-state index in [0.717, 1.165) is 0 Å². The van der Waals surface area contributed by atoms with Gasteiger partial charge in [-0.05, 0) is 0 Å². The predicted octanol–water partition coefficient (Wildman–Crippen LogP) is -1.39. The Labute approximate surface area is 91.5 Å². The normalized spacial score (nSPS) is 29.2. The average Bonchev–Trinajstić information content (AvgIpc) is 2.87. The first-order valence-electron chi connectivity index (χ1n) is 4.95. The Morgan fingerprint density at radius 3 is 3.12 bits per heavy atom. The van der Waals surface area contributed by atoms with Crippen molar-refractivity contribution >= 4 is 5.91 Å². The zero-order valence-electron chi connectivity index (χ0n) is 8.46. The Bertz CT molecular complexity index is 354. The molecule has 1 saturated heterocycles. The highest BCUT2D eigenvalue weighted by Gasteiger charge is 2.34. The fraction of sp³-hybridized carbons (Fsp3) is 0.556. The van der Waals surface area contributed by atoms with Gasteiger partial charge in [0, 0.05) is 18.8 Å². The van der Waals surface area contributed by atoms with E-state index in [2.05, 4.69) is 15.3 Å².